The highest BCUT2D eigenvalue weighted by atomic mass is 16.5. The Bertz CT molecular complexity index is 422. The Morgan fingerprint density at radius 3 is 2.65 bits per heavy atom. The first kappa shape index (κ1) is 13.5. The minimum Gasteiger partial charge on any atom is -0.383 e. The van der Waals surface area contributed by atoms with Crippen LogP contribution in [0.25, 0.3) is 0 Å². The molecule has 1 atom stereocenters. The molecule has 0 aliphatic heterocycles. The van der Waals surface area contributed by atoms with Crippen molar-refractivity contribution in [3.05, 3.63) is 22.9 Å². The molecule has 1 aromatic heterocycles. The zero-order valence-electron chi connectivity index (χ0n) is 10.5. The average molecular weight is 241 g/mol. The summed E-state index contributed by atoms with van der Waals surface area (Å²) < 4.78 is 7.85. The summed E-state index contributed by atoms with van der Waals surface area (Å²) in [4.78, 5) is 23.3. The van der Waals surface area contributed by atoms with Crippen LogP contribution in [0.4, 0.5) is 0 Å². The fourth-order valence-electron chi connectivity index (χ4n) is 1.58. The number of hydrogen-bond donors (Lipinski definition) is 1. The number of hydrogen-bond acceptors (Lipinski definition) is 3. The number of carbonyl (C=O) groups excluding carboxylic acids is 1. The molecule has 1 heterocycles. The molecule has 1 unspecified atom stereocenters. The summed E-state index contributed by atoms with van der Waals surface area (Å²) in [7, 11) is 1.58. The molecule has 0 aliphatic carbocycles. The lowest BCUT2D eigenvalue weighted by Gasteiger charge is -2.12. The fourth-order valence-corrected chi connectivity index (χ4v) is 1.58. The lowest BCUT2D eigenvalue weighted by atomic mass is 10.3. The molecule has 0 fully saturated rings. The standard InChI is InChI=1S/C11H19N3O3/c1-4-13-5-6-14(11(13)16)7-10(15)12-9(2)8-17-3/h5-6,9H,4,7-8H2,1-3H3,(H,12,15). The maximum absolute atomic E-state index is 11.7. The molecular weight excluding hydrogens is 222 g/mol. The normalized spacial score (nSPS) is 12.4. The van der Waals surface area contributed by atoms with Crippen molar-refractivity contribution in [3.63, 3.8) is 0 Å². The van der Waals surface area contributed by atoms with Gasteiger partial charge in [-0.2, -0.15) is 0 Å². The number of amides is 1. The smallest absolute Gasteiger partial charge is 0.328 e. The fraction of sp³-hybridized carbons (Fsp3) is 0.636. The van der Waals surface area contributed by atoms with E-state index in [9.17, 15) is 9.59 Å². The molecule has 6 heteroatoms. The van der Waals surface area contributed by atoms with Crippen LogP contribution >= 0.6 is 0 Å². The van der Waals surface area contributed by atoms with Crippen LogP contribution in [0.2, 0.25) is 0 Å². The predicted octanol–water partition coefficient (Wildman–Crippen LogP) is -0.179. The highest BCUT2D eigenvalue weighted by Gasteiger charge is 2.09. The summed E-state index contributed by atoms with van der Waals surface area (Å²) in [5.41, 5.74) is -0.165. The van der Waals surface area contributed by atoms with Gasteiger partial charge in [-0.05, 0) is 13.8 Å². The molecule has 0 aliphatic rings. The van der Waals surface area contributed by atoms with Gasteiger partial charge < -0.3 is 10.1 Å². The number of aromatic nitrogens is 2. The van der Waals surface area contributed by atoms with E-state index in [1.165, 1.54) is 4.57 Å². The van der Waals surface area contributed by atoms with Crippen LogP contribution in [0.5, 0.6) is 0 Å². The SMILES string of the molecule is CCn1ccn(CC(=O)NC(C)COC)c1=O. The zero-order chi connectivity index (χ0) is 12.8. The van der Waals surface area contributed by atoms with Crippen molar-refractivity contribution in [2.24, 2.45) is 0 Å². The van der Waals surface area contributed by atoms with Crippen LogP contribution in [-0.4, -0.2) is 34.8 Å². The van der Waals surface area contributed by atoms with Gasteiger partial charge >= 0.3 is 5.69 Å². The van der Waals surface area contributed by atoms with E-state index in [-0.39, 0.29) is 24.2 Å². The summed E-state index contributed by atoms with van der Waals surface area (Å²) in [5.74, 6) is -0.189. The summed E-state index contributed by atoms with van der Waals surface area (Å²) in [5, 5.41) is 2.75. The number of nitrogens with zero attached hydrogens (tertiary/aromatic N) is 2. The number of carbonyl (C=O) groups is 1. The lowest BCUT2D eigenvalue weighted by Crippen LogP contribution is -2.39. The minimum atomic E-state index is -0.189. The molecule has 1 aromatic rings. The van der Waals surface area contributed by atoms with Crippen molar-refractivity contribution in [2.45, 2.75) is 33.0 Å². The maximum Gasteiger partial charge on any atom is 0.328 e. The first-order chi connectivity index (χ1) is 8.08. The molecule has 6 nitrogen and oxygen atoms in total. The molecule has 0 saturated heterocycles. The van der Waals surface area contributed by atoms with E-state index >= 15 is 0 Å². The maximum atomic E-state index is 11.7. The first-order valence-corrected chi connectivity index (χ1v) is 5.62. The average Bonchev–Trinajstić information content (AvgIpc) is 2.60. The Hall–Kier alpha value is -1.56. The molecule has 0 radical (unpaired) electrons. The van der Waals surface area contributed by atoms with Crippen molar-refractivity contribution in [3.8, 4) is 0 Å². The minimum absolute atomic E-state index is 0.0416. The van der Waals surface area contributed by atoms with Crippen molar-refractivity contribution >= 4 is 5.91 Å². The summed E-state index contributed by atoms with van der Waals surface area (Å²) in [6.07, 6.45) is 3.29. The molecule has 17 heavy (non-hydrogen) atoms. The van der Waals surface area contributed by atoms with Gasteiger partial charge in [-0.3, -0.25) is 13.9 Å². The number of aryl methyl sites for hydroxylation is 1. The van der Waals surface area contributed by atoms with Crippen LogP contribution in [0.15, 0.2) is 17.2 Å². The van der Waals surface area contributed by atoms with Gasteiger partial charge in [0.15, 0.2) is 0 Å². The molecule has 1 rings (SSSR count). The second kappa shape index (κ2) is 6.24. The molecule has 1 amide bonds. The number of rotatable bonds is 6. The largest absolute Gasteiger partial charge is 0.383 e. The lowest BCUT2D eigenvalue weighted by molar-refractivity contribution is -0.122. The van der Waals surface area contributed by atoms with Crippen molar-refractivity contribution in [1.82, 2.24) is 14.5 Å². The van der Waals surface area contributed by atoms with E-state index in [0.717, 1.165) is 0 Å². The Labute approximate surface area is 100 Å². The van der Waals surface area contributed by atoms with Gasteiger partial charge in [-0.25, -0.2) is 4.79 Å². The second-order valence-electron chi connectivity index (χ2n) is 3.92. The van der Waals surface area contributed by atoms with Crippen LogP contribution in [-0.2, 0) is 22.6 Å². The monoisotopic (exact) mass is 241 g/mol. The van der Waals surface area contributed by atoms with Gasteiger partial charge in [-0.1, -0.05) is 0 Å². The summed E-state index contributed by atoms with van der Waals surface area (Å²) in [6.45, 7) is 4.83. The highest BCUT2D eigenvalue weighted by Crippen LogP contribution is 1.88. The van der Waals surface area contributed by atoms with Gasteiger partial charge in [0.1, 0.15) is 6.54 Å². The molecule has 0 spiro atoms. The van der Waals surface area contributed by atoms with Gasteiger partial charge in [-0.15, -0.1) is 0 Å². The van der Waals surface area contributed by atoms with E-state index in [1.807, 2.05) is 13.8 Å². The predicted molar refractivity (Wildman–Crippen MR) is 63.8 cm³/mol. The Balaban J connectivity index is 2.56. The third-order valence-corrected chi connectivity index (χ3v) is 2.40. The van der Waals surface area contributed by atoms with E-state index in [4.69, 9.17) is 4.74 Å². The van der Waals surface area contributed by atoms with E-state index in [0.29, 0.717) is 13.2 Å². The number of ether oxygens (including phenoxy) is 1. The second-order valence-corrected chi connectivity index (χ2v) is 3.92. The topological polar surface area (TPSA) is 65.3 Å². The molecule has 0 aromatic carbocycles. The summed E-state index contributed by atoms with van der Waals surface area (Å²) >= 11 is 0. The third kappa shape index (κ3) is 3.74. The van der Waals surface area contributed by atoms with E-state index in [1.54, 1.807) is 24.1 Å². The van der Waals surface area contributed by atoms with Gasteiger partial charge in [0, 0.05) is 32.1 Å². The van der Waals surface area contributed by atoms with Gasteiger partial charge in [0.05, 0.1) is 6.61 Å². The van der Waals surface area contributed by atoms with Gasteiger partial charge in [0.25, 0.3) is 0 Å². The van der Waals surface area contributed by atoms with Crippen LogP contribution in [0.1, 0.15) is 13.8 Å². The van der Waals surface area contributed by atoms with E-state index in [2.05, 4.69) is 5.32 Å². The quantitative estimate of drug-likeness (QED) is 0.751. The molecule has 0 saturated carbocycles. The Kier molecular flexibility index (Phi) is 4.96. The molecular formula is C11H19N3O3. The van der Waals surface area contributed by atoms with Crippen LogP contribution in [0, 0.1) is 0 Å². The zero-order valence-corrected chi connectivity index (χ0v) is 10.5. The van der Waals surface area contributed by atoms with Gasteiger partial charge in [0.2, 0.25) is 5.91 Å². The molecule has 1 N–H and O–H groups in total. The van der Waals surface area contributed by atoms with E-state index < -0.39 is 0 Å². The first-order valence-electron chi connectivity index (χ1n) is 5.62. The summed E-state index contributed by atoms with van der Waals surface area (Å²) in [6, 6.07) is -0.0588. The Morgan fingerprint density at radius 1 is 1.47 bits per heavy atom. The van der Waals surface area contributed by atoms with Crippen molar-refractivity contribution in [2.75, 3.05) is 13.7 Å². The third-order valence-electron chi connectivity index (χ3n) is 2.40. The molecule has 0 bridgehead atoms. The van der Waals surface area contributed by atoms with Crippen LogP contribution < -0.4 is 11.0 Å². The molecule has 96 valence electrons. The highest BCUT2D eigenvalue weighted by molar-refractivity contribution is 5.75. The van der Waals surface area contributed by atoms with Crippen molar-refractivity contribution in [1.29, 1.82) is 0 Å². The Morgan fingerprint density at radius 2 is 2.12 bits per heavy atom. The number of nitrogens with one attached hydrogen (secondary N) is 1. The van der Waals surface area contributed by atoms with Crippen LogP contribution in [0.3, 0.4) is 0 Å². The number of imidazole rings is 1. The number of methoxy groups -OCH3 is 1. The van der Waals surface area contributed by atoms with Crippen molar-refractivity contribution < 1.29 is 9.53 Å².